The third kappa shape index (κ3) is 8.29. The van der Waals surface area contributed by atoms with Crippen LogP contribution < -0.4 is 16.0 Å². The van der Waals surface area contributed by atoms with Gasteiger partial charge in [0.05, 0.1) is 31.2 Å². The summed E-state index contributed by atoms with van der Waals surface area (Å²) < 4.78 is 0. The zero-order chi connectivity index (χ0) is 28.0. The third-order valence-electron chi connectivity index (χ3n) is 6.03. The maximum atomic E-state index is 12.8. The number of carbonyl (C=O) groups is 3. The molecule has 11 heteroatoms. The highest BCUT2D eigenvalue weighted by Crippen LogP contribution is 2.30. The molecule has 1 aliphatic heterocycles. The number of nitrogens with zero attached hydrogens (tertiary/aromatic N) is 1. The lowest BCUT2D eigenvalue weighted by molar-refractivity contribution is -0.137. The molecule has 204 valence electrons. The van der Waals surface area contributed by atoms with Crippen LogP contribution in [0.2, 0.25) is 0 Å². The molecule has 38 heavy (non-hydrogen) atoms. The summed E-state index contributed by atoms with van der Waals surface area (Å²) in [5.74, 6) is -2.46. The van der Waals surface area contributed by atoms with E-state index in [1.807, 2.05) is 13.0 Å². The zero-order valence-corrected chi connectivity index (χ0v) is 21.6. The van der Waals surface area contributed by atoms with Crippen LogP contribution in [0.5, 0.6) is 5.75 Å². The number of nitrogens with one attached hydrogen (secondary N) is 3. The molecule has 1 aliphatic rings. The van der Waals surface area contributed by atoms with Gasteiger partial charge < -0.3 is 36.4 Å². The third-order valence-corrected chi connectivity index (χ3v) is 6.03. The molecule has 0 radical (unpaired) electrons. The number of ketones is 1. The minimum atomic E-state index is -1.14. The summed E-state index contributed by atoms with van der Waals surface area (Å²) in [5.41, 5.74) is 1.42. The highest BCUT2D eigenvalue weighted by atomic mass is 16.4. The monoisotopic (exact) mass is 526 g/mol. The van der Waals surface area contributed by atoms with Gasteiger partial charge in [0.1, 0.15) is 5.75 Å². The van der Waals surface area contributed by atoms with E-state index in [4.69, 9.17) is 0 Å². The van der Waals surface area contributed by atoms with E-state index in [0.29, 0.717) is 29.3 Å². The predicted octanol–water partition coefficient (Wildman–Crippen LogP) is 1.61. The van der Waals surface area contributed by atoms with E-state index in [2.05, 4.69) is 20.9 Å². The number of anilines is 1. The molecule has 0 saturated heterocycles. The smallest absolute Gasteiger partial charge is 0.303 e. The number of phenols is 1. The number of phenolic OH excluding ortho intramolecular Hbond substituents is 1. The van der Waals surface area contributed by atoms with Crippen molar-refractivity contribution >= 4 is 29.3 Å². The number of carboxylic acids is 1. The van der Waals surface area contributed by atoms with Gasteiger partial charge in [0.15, 0.2) is 11.7 Å². The van der Waals surface area contributed by atoms with Gasteiger partial charge in [-0.25, -0.2) is 0 Å². The number of carbonyl (C=O) groups excluding carboxylic acids is 2. The largest absolute Gasteiger partial charge is 0.508 e. The number of amides is 1. The molecule has 1 unspecified atom stereocenters. The second kappa shape index (κ2) is 12.1. The molecule has 0 aliphatic carbocycles. The van der Waals surface area contributed by atoms with Crippen molar-refractivity contribution in [3.05, 3.63) is 58.7 Å². The molecule has 1 amide bonds. The number of rotatable bonds is 10. The Morgan fingerprint density at radius 3 is 2.50 bits per heavy atom. The van der Waals surface area contributed by atoms with Crippen molar-refractivity contribution in [1.82, 2.24) is 10.6 Å². The Bertz CT molecular complexity index is 1240. The highest BCUT2D eigenvalue weighted by molar-refractivity contribution is 6.00. The normalized spacial score (nSPS) is 16.1. The van der Waals surface area contributed by atoms with Crippen LogP contribution in [0, 0.1) is 6.92 Å². The Hall–Kier alpha value is -3.96. The van der Waals surface area contributed by atoms with Crippen LogP contribution >= 0.6 is 0 Å². The minimum Gasteiger partial charge on any atom is -0.508 e. The van der Waals surface area contributed by atoms with Crippen LogP contribution in [0.3, 0.4) is 0 Å². The van der Waals surface area contributed by atoms with Crippen LogP contribution in [-0.2, 0) is 15.2 Å². The number of Topliss-reactive ketones (excluding diaryl/α,β-unsaturated/α-hetero) is 1. The topological polar surface area (TPSA) is 181 Å². The van der Waals surface area contributed by atoms with Gasteiger partial charge in [-0.3, -0.25) is 19.4 Å². The van der Waals surface area contributed by atoms with Crippen LogP contribution in [0.4, 0.5) is 5.69 Å². The van der Waals surface area contributed by atoms with Gasteiger partial charge >= 0.3 is 5.97 Å². The number of aryl methyl sites for hydroxylation is 1. The first kappa shape index (κ1) is 28.6. The van der Waals surface area contributed by atoms with Crippen molar-refractivity contribution in [3.8, 4) is 5.75 Å². The lowest BCUT2D eigenvalue weighted by atomic mass is 9.86. The van der Waals surface area contributed by atoms with Crippen molar-refractivity contribution in [2.45, 2.75) is 51.2 Å². The molecule has 11 nitrogen and oxygen atoms in total. The molecule has 0 fully saturated rings. The molecule has 2 atom stereocenters. The Kier molecular flexibility index (Phi) is 9.08. The standard InChI is InChI=1S/C27H34N4O7/c1-15-4-16(6-19(5-15)27(2,3)38)17(10-24(35)36)8-22(33)12-28-25(37)18-7-20(11-21(32)9-18)31-26-29-13-23(34)14-30-26/h4-7,9,11,17,23,32,34,38H,8,10,12-14H2,1-3H3,(H,28,37)(H,35,36)(H2,29,30,31)/t17-/m0/s1. The number of aliphatic imine (C=N–C) groups is 1. The number of carboxylic acid groups (broad SMARTS) is 1. The van der Waals surface area contributed by atoms with Crippen molar-refractivity contribution in [1.29, 1.82) is 0 Å². The lowest BCUT2D eigenvalue weighted by Gasteiger charge is -2.22. The molecule has 0 bridgehead atoms. The van der Waals surface area contributed by atoms with Crippen LogP contribution in [0.1, 0.15) is 59.7 Å². The summed E-state index contributed by atoms with van der Waals surface area (Å²) in [6.45, 7) is 5.29. The van der Waals surface area contributed by atoms with Gasteiger partial charge in [-0.1, -0.05) is 23.8 Å². The number of guanidine groups is 1. The number of benzene rings is 2. The predicted molar refractivity (Wildman–Crippen MR) is 141 cm³/mol. The average molecular weight is 527 g/mol. The summed E-state index contributed by atoms with van der Waals surface area (Å²) >= 11 is 0. The second-order valence-electron chi connectivity index (χ2n) is 10.0. The van der Waals surface area contributed by atoms with E-state index < -0.39 is 29.5 Å². The molecule has 1 heterocycles. The summed E-state index contributed by atoms with van der Waals surface area (Å²) in [6.07, 6.45) is -0.996. The van der Waals surface area contributed by atoms with Gasteiger partial charge in [-0.2, -0.15) is 0 Å². The van der Waals surface area contributed by atoms with Crippen molar-refractivity contribution in [2.24, 2.45) is 4.99 Å². The first-order chi connectivity index (χ1) is 17.8. The highest BCUT2D eigenvalue weighted by Gasteiger charge is 2.24. The summed E-state index contributed by atoms with van der Waals surface area (Å²) in [4.78, 5) is 41.1. The molecule has 0 spiro atoms. The second-order valence-corrected chi connectivity index (χ2v) is 10.0. The summed E-state index contributed by atoms with van der Waals surface area (Å²) in [5, 5.41) is 47.8. The van der Waals surface area contributed by atoms with Gasteiger partial charge in [-0.15, -0.1) is 0 Å². The van der Waals surface area contributed by atoms with Crippen LogP contribution in [-0.4, -0.2) is 69.8 Å². The fraction of sp³-hybridized carbons (Fsp3) is 0.407. The van der Waals surface area contributed by atoms with Gasteiger partial charge in [0.2, 0.25) is 0 Å². The molecule has 2 aromatic rings. The first-order valence-electron chi connectivity index (χ1n) is 12.2. The molecule has 0 saturated carbocycles. The zero-order valence-electron chi connectivity index (χ0n) is 21.6. The molecule has 0 aromatic heterocycles. The van der Waals surface area contributed by atoms with E-state index in [1.165, 1.54) is 18.2 Å². The van der Waals surface area contributed by atoms with E-state index in [9.17, 15) is 34.8 Å². The molecular formula is C27H34N4O7. The van der Waals surface area contributed by atoms with E-state index in [1.54, 1.807) is 26.0 Å². The van der Waals surface area contributed by atoms with E-state index in [0.717, 1.165) is 5.56 Å². The Morgan fingerprint density at radius 1 is 1.13 bits per heavy atom. The molecule has 3 rings (SSSR count). The number of hydrogen-bond donors (Lipinski definition) is 7. The fourth-order valence-corrected chi connectivity index (χ4v) is 4.11. The number of aromatic hydroxyl groups is 1. The summed E-state index contributed by atoms with van der Waals surface area (Å²) in [7, 11) is 0. The van der Waals surface area contributed by atoms with Crippen molar-refractivity contribution in [2.75, 3.05) is 25.0 Å². The number of aliphatic carboxylic acids is 1. The Labute approximate surface area is 220 Å². The first-order valence-corrected chi connectivity index (χ1v) is 12.2. The Balaban J connectivity index is 1.67. The van der Waals surface area contributed by atoms with Crippen LogP contribution in [0.25, 0.3) is 0 Å². The van der Waals surface area contributed by atoms with E-state index >= 15 is 0 Å². The van der Waals surface area contributed by atoms with Gasteiger partial charge in [-0.05, 0) is 44.0 Å². The number of hydrogen-bond acceptors (Lipinski definition) is 9. The Morgan fingerprint density at radius 2 is 1.87 bits per heavy atom. The van der Waals surface area contributed by atoms with Gasteiger partial charge in [0, 0.05) is 36.2 Å². The maximum absolute atomic E-state index is 12.8. The molecular weight excluding hydrogens is 492 g/mol. The van der Waals surface area contributed by atoms with Crippen molar-refractivity contribution in [3.63, 3.8) is 0 Å². The number of aliphatic hydroxyl groups is 2. The SMILES string of the molecule is Cc1cc([C@H](CC(=O)O)CC(=O)CNC(=O)c2cc(O)cc(NC3=NCC(O)CN3)c2)cc(C(C)(C)O)c1. The average Bonchev–Trinajstić information content (AvgIpc) is 2.82. The van der Waals surface area contributed by atoms with Gasteiger partial charge in [0.25, 0.3) is 5.91 Å². The lowest BCUT2D eigenvalue weighted by Crippen LogP contribution is -2.42. The van der Waals surface area contributed by atoms with Crippen LogP contribution in [0.15, 0.2) is 41.4 Å². The quantitative estimate of drug-likeness (QED) is 0.242. The molecule has 7 N–H and O–H groups in total. The van der Waals surface area contributed by atoms with E-state index in [-0.39, 0.29) is 43.0 Å². The van der Waals surface area contributed by atoms with Crippen molar-refractivity contribution < 1.29 is 34.8 Å². The fourth-order valence-electron chi connectivity index (χ4n) is 4.11. The summed E-state index contributed by atoms with van der Waals surface area (Å²) in [6, 6.07) is 9.44. The maximum Gasteiger partial charge on any atom is 0.303 e. The minimum absolute atomic E-state index is 0.104. The number of β-amino-alcohol motifs (C(OH)–C–C–N with tert-alkyl or cyclic N) is 1. The number of aliphatic hydroxyl groups excluding tert-OH is 1. The molecule has 2 aromatic carbocycles.